The highest BCUT2D eigenvalue weighted by molar-refractivity contribution is 5.80. The van der Waals surface area contributed by atoms with Crippen LogP contribution in [0.25, 0.3) is 0 Å². The van der Waals surface area contributed by atoms with Gasteiger partial charge < -0.3 is 9.64 Å². The summed E-state index contributed by atoms with van der Waals surface area (Å²) in [5.74, 6) is 1.24. The van der Waals surface area contributed by atoms with Crippen molar-refractivity contribution in [3.63, 3.8) is 0 Å². The van der Waals surface area contributed by atoms with Crippen molar-refractivity contribution in [1.29, 1.82) is 0 Å². The summed E-state index contributed by atoms with van der Waals surface area (Å²) in [6.45, 7) is 4.75. The second-order valence-corrected chi connectivity index (χ2v) is 5.51. The zero-order valence-corrected chi connectivity index (χ0v) is 13.8. The average Bonchev–Trinajstić information content (AvgIpc) is 2.62. The molecule has 1 aromatic heterocycles. The third-order valence-electron chi connectivity index (χ3n) is 3.63. The summed E-state index contributed by atoms with van der Waals surface area (Å²) in [4.78, 5) is 21.2. The molecule has 25 heavy (non-hydrogen) atoms. The van der Waals surface area contributed by atoms with Crippen LogP contribution in [0.5, 0.6) is 0 Å². The number of rotatable bonds is 5. The van der Waals surface area contributed by atoms with Crippen molar-refractivity contribution in [2.45, 2.75) is 6.92 Å². The maximum absolute atomic E-state index is 10.6. The Balaban J connectivity index is 1.67. The Kier molecular flexibility index (Phi) is 5.14. The number of anilines is 2. The fraction of sp³-hybridized carbons (Fsp3) is 0.312. The summed E-state index contributed by atoms with van der Waals surface area (Å²) in [5.41, 5.74) is 4.51. The summed E-state index contributed by atoms with van der Waals surface area (Å²) in [6.07, 6.45) is 1.58. The van der Waals surface area contributed by atoms with Crippen LogP contribution in [0.15, 0.2) is 35.4 Å². The molecule has 1 fully saturated rings. The van der Waals surface area contributed by atoms with Crippen LogP contribution in [0.1, 0.15) is 11.3 Å². The van der Waals surface area contributed by atoms with E-state index in [-0.39, 0.29) is 5.69 Å². The number of aromatic nitrogens is 2. The second kappa shape index (κ2) is 7.67. The standard InChI is InChI=1S/C16H18N6O3/c1-12-10-15(19-16(18-12)21-6-8-25-9-7-21)20-17-11-13-2-4-14(5-3-13)22(23)24/h2-5,10-11H,6-9H2,1H3,(H,18,19,20)/b17-11+. The molecule has 0 radical (unpaired) electrons. The molecule has 9 nitrogen and oxygen atoms in total. The van der Waals surface area contributed by atoms with Crippen LogP contribution in [0.3, 0.4) is 0 Å². The van der Waals surface area contributed by atoms with E-state index in [0.717, 1.165) is 24.3 Å². The molecule has 0 saturated carbocycles. The third kappa shape index (κ3) is 4.48. The van der Waals surface area contributed by atoms with Gasteiger partial charge in [0.05, 0.1) is 24.4 Å². The number of nitrogens with zero attached hydrogens (tertiary/aromatic N) is 5. The Morgan fingerprint density at radius 2 is 2.00 bits per heavy atom. The molecule has 0 aliphatic carbocycles. The first-order valence-corrected chi connectivity index (χ1v) is 7.84. The lowest BCUT2D eigenvalue weighted by Gasteiger charge is -2.27. The molecule has 1 N–H and O–H groups in total. The fourth-order valence-corrected chi connectivity index (χ4v) is 2.37. The van der Waals surface area contributed by atoms with Gasteiger partial charge in [0.15, 0.2) is 5.82 Å². The number of hydrogen-bond acceptors (Lipinski definition) is 8. The Morgan fingerprint density at radius 3 is 2.68 bits per heavy atom. The number of morpholine rings is 1. The van der Waals surface area contributed by atoms with Crippen molar-refractivity contribution in [2.24, 2.45) is 5.10 Å². The van der Waals surface area contributed by atoms with E-state index in [4.69, 9.17) is 4.74 Å². The van der Waals surface area contributed by atoms with Crippen molar-refractivity contribution in [3.8, 4) is 0 Å². The van der Waals surface area contributed by atoms with Crippen molar-refractivity contribution in [2.75, 3.05) is 36.6 Å². The highest BCUT2D eigenvalue weighted by Gasteiger charge is 2.14. The molecule has 0 atom stereocenters. The first kappa shape index (κ1) is 16.8. The van der Waals surface area contributed by atoms with E-state index in [9.17, 15) is 10.1 Å². The molecule has 0 bridgehead atoms. The van der Waals surface area contributed by atoms with Crippen molar-refractivity contribution < 1.29 is 9.66 Å². The maximum Gasteiger partial charge on any atom is 0.269 e. The fourth-order valence-electron chi connectivity index (χ4n) is 2.37. The minimum Gasteiger partial charge on any atom is -0.378 e. The van der Waals surface area contributed by atoms with Crippen molar-refractivity contribution >= 4 is 23.7 Å². The minimum absolute atomic E-state index is 0.0479. The summed E-state index contributed by atoms with van der Waals surface area (Å²) in [7, 11) is 0. The van der Waals surface area contributed by atoms with E-state index < -0.39 is 4.92 Å². The Labute approximate surface area is 144 Å². The van der Waals surface area contributed by atoms with E-state index in [1.54, 1.807) is 24.4 Å². The number of hydrogen-bond donors (Lipinski definition) is 1. The highest BCUT2D eigenvalue weighted by atomic mass is 16.6. The normalized spacial score (nSPS) is 14.7. The van der Waals surface area contributed by atoms with Crippen LogP contribution in [0.4, 0.5) is 17.5 Å². The largest absolute Gasteiger partial charge is 0.378 e. The zero-order valence-electron chi connectivity index (χ0n) is 13.8. The molecule has 0 amide bonds. The van der Waals surface area contributed by atoms with Gasteiger partial charge in [0.1, 0.15) is 0 Å². The topological polar surface area (TPSA) is 106 Å². The first-order chi connectivity index (χ1) is 12.1. The van der Waals surface area contributed by atoms with E-state index >= 15 is 0 Å². The number of non-ortho nitro benzene ring substituents is 1. The van der Waals surface area contributed by atoms with Gasteiger partial charge in [0.25, 0.3) is 5.69 Å². The van der Waals surface area contributed by atoms with E-state index in [1.807, 2.05) is 6.92 Å². The van der Waals surface area contributed by atoms with E-state index in [1.165, 1.54) is 12.1 Å². The van der Waals surface area contributed by atoms with Crippen LogP contribution >= 0.6 is 0 Å². The van der Waals surface area contributed by atoms with Crippen LogP contribution < -0.4 is 10.3 Å². The van der Waals surface area contributed by atoms with Gasteiger partial charge in [-0.3, -0.25) is 15.5 Å². The monoisotopic (exact) mass is 342 g/mol. The lowest BCUT2D eigenvalue weighted by molar-refractivity contribution is -0.384. The lowest BCUT2D eigenvalue weighted by Crippen LogP contribution is -2.37. The maximum atomic E-state index is 10.6. The molecule has 0 spiro atoms. The minimum atomic E-state index is -0.435. The van der Waals surface area contributed by atoms with Gasteiger partial charge in [-0.15, -0.1) is 0 Å². The predicted molar refractivity (Wildman–Crippen MR) is 94.1 cm³/mol. The number of benzene rings is 1. The number of nitro benzene ring substituents is 1. The van der Waals surface area contributed by atoms with Crippen LogP contribution in [-0.2, 0) is 4.74 Å². The molecule has 130 valence electrons. The van der Waals surface area contributed by atoms with Gasteiger partial charge >= 0.3 is 0 Å². The molecule has 1 saturated heterocycles. The number of ether oxygens (including phenoxy) is 1. The molecule has 1 aliphatic rings. The van der Waals surface area contributed by atoms with Gasteiger partial charge in [0.2, 0.25) is 5.95 Å². The summed E-state index contributed by atoms with van der Waals surface area (Å²) >= 11 is 0. The number of hydrazone groups is 1. The Hall–Kier alpha value is -3.07. The number of nitro groups is 1. The molecule has 2 heterocycles. The van der Waals surface area contributed by atoms with Gasteiger partial charge in [-0.05, 0) is 24.6 Å². The molecule has 3 rings (SSSR count). The lowest BCUT2D eigenvalue weighted by atomic mass is 10.2. The van der Waals surface area contributed by atoms with E-state index in [2.05, 4.69) is 25.4 Å². The van der Waals surface area contributed by atoms with E-state index in [0.29, 0.717) is 25.0 Å². The predicted octanol–water partition coefficient (Wildman–Crippen LogP) is 1.98. The van der Waals surface area contributed by atoms with Gasteiger partial charge in [-0.2, -0.15) is 10.1 Å². The molecular formula is C16H18N6O3. The van der Waals surface area contributed by atoms with Crippen LogP contribution in [-0.4, -0.2) is 47.4 Å². The number of nitrogens with one attached hydrogen (secondary N) is 1. The number of aryl methyl sites for hydroxylation is 1. The molecule has 1 aromatic carbocycles. The molecular weight excluding hydrogens is 324 g/mol. The Bertz CT molecular complexity index is 772. The van der Waals surface area contributed by atoms with Crippen molar-refractivity contribution in [3.05, 3.63) is 51.7 Å². The van der Waals surface area contributed by atoms with Crippen molar-refractivity contribution in [1.82, 2.24) is 9.97 Å². The van der Waals surface area contributed by atoms with Gasteiger partial charge in [-0.25, -0.2) is 4.98 Å². The summed E-state index contributed by atoms with van der Waals surface area (Å²) in [5, 5.41) is 14.8. The average molecular weight is 342 g/mol. The third-order valence-corrected chi connectivity index (χ3v) is 3.63. The molecule has 1 aliphatic heterocycles. The van der Waals surface area contributed by atoms with Crippen LogP contribution in [0.2, 0.25) is 0 Å². The summed E-state index contributed by atoms with van der Waals surface area (Å²) < 4.78 is 5.34. The Morgan fingerprint density at radius 1 is 1.28 bits per heavy atom. The SMILES string of the molecule is Cc1cc(N/N=C/c2ccc([N+](=O)[O-])cc2)nc(N2CCOCC2)n1. The highest BCUT2D eigenvalue weighted by Crippen LogP contribution is 2.15. The van der Waals surface area contributed by atoms with Crippen LogP contribution in [0, 0.1) is 17.0 Å². The smallest absolute Gasteiger partial charge is 0.269 e. The quantitative estimate of drug-likeness (QED) is 0.503. The summed E-state index contributed by atoms with van der Waals surface area (Å²) in [6, 6.07) is 7.94. The molecule has 9 heteroatoms. The molecule has 2 aromatic rings. The van der Waals surface area contributed by atoms with Gasteiger partial charge in [-0.1, -0.05) is 0 Å². The second-order valence-electron chi connectivity index (χ2n) is 5.51. The van der Waals surface area contributed by atoms with Gasteiger partial charge in [0, 0.05) is 37.0 Å². The zero-order chi connectivity index (χ0) is 17.6. The first-order valence-electron chi connectivity index (χ1n) is 7.84. The molecule has 0 unspecified atom stereocenters.